The summed E-state index contributed by atoms with van der Waals surface area (Å²) in [6.07, 6.45) is 1.16. The third kappa shape index (κ3) is 2.80. The van der Waals surface area contributed by atoms with Crippen LogP contribution >= 0.6 is 0 Å². The first kappa shape index (κ1) is 13.4. The maximum Gasteiger partial charge on any atom is 0.234 e. The van der Waals surface area contributed by atoms with E-state index >= 15 is 0 Å². The highest BCUT2D eigenvalue weighted by molar-refractivity contribution is 5.78. The van der Waals surface area contributed by atoms with Gasteiger partial charge in [-0.15, -0.1) is 0 Å². The highest BCUT2D eigenvalue weighted by Crippen LogP contribution is 2.32. The Morgan fingerprint density at radius 2 is 2.25 bits per heavy atom. The number of nitrogens with zero attached hydrogens (tertiary/aromatic N) is 1. The molecule has 2 aliphatic rings. The van der Waals surface area contributed by atoms with Crippen molar-refractivity contribution in [3.63, 3.8) is 0 Å². The Bertz CT molecular complexity index is 513. The lowest BCUT2D eigenvalue weighted by molar-refractivity contribution is -0.122. The van der Waals surface area contributed by atoms with Gasteiger partial charge in [-0.05, 0) is 24.4 Å². The predicted octanol–water partition coefficient (Wildman–Crippen LogP) is 1.97. The minimum Gasteiger partial charge on any atom is -0.491 e. The van der Waals surface area contributed by atoms with Gasteiger partial charge in [-0.25, -0.2) is 0 Å². The summed E-state index contributed by atoms with van der Waals surface area (Å²) in [5.41, 5.74) is 1.42. The molecule has 4 nitrogen and oxygen atoms in total. The number of ether oxygens (including phenoxy) is 1. The molecule has 2 aliphatic heterocycles. The second-order valence-electron chi connectivity index (χ2n) is 6.59. The van der Waals surface area contributed by atoms with Crippen LogP contribution in [0, 0.1) is 5.41 Å². The van der Waals surface area contributed by atoms with Crippen molar-refractivity contribution in [2.45, 2.75) is 26.3 Å². The molecular formula is C16H22N2O2. The molecule has 0 saturated carbocycles. The second kappa shape index (κ2) is 5.09. The minimum absolute atomic E-state index is 0.00527. The van der Waals surface area contributed by atoms with E-state index in [0.29, 0.717) is 18.6 Å². The molecule has 0 spiro atoms. The molecule has 1 saturated heterocycles. The van der Waals surface area contributed by atoms with E-state index in [0.717, 1.165) is 30.8 Å². The zero-order chi connectivity index (χ0) is 14.2. The first-order valence-electron chi connectivity index (χ1n) is 7.27. The van der Waals surface area contributed by atoms with Gasteiger partial charge in [0.25, 0.3) is 0 Å². The smallest absolute Gasteiger partial charge is 0.234 e. The Hall–Kier alpha value is -1.55. The van der Waals surface area contributed by atoms with Gasteiger partial charge in [0.1, 0.15) is 12.4 Å². The average Bonchev–Trinajstić information content (AvgIpc) is 2.94. The van der Waals surface area contributed by atoms with Crippen molar-refractivity contribution in [2.24, 2.45) is 5.41 Å². The van der Waals surface area contributed by atoms with Crippen molar-refractivity contribution < 1.29 is 9.53 Å². The maximum atomic E-state index is 12.2. The molecule has 4 heteroatoms. The number of fused-ring (bicyclic) bond motifs is 1. The van der Waals surface area contributed by atoms with Crippen molar-refractivity contribution in [3.8, 4) is 5.75 Å². The number of nitrogens with one attached hydrogen (secondary N) is 1. The number of carbonyl (C=O) groups excluding carboxylic acids is 1. The summed E-state index contributed by atoms with van der Waals surface area (Å²) in [6.45, 7) is 7.55. The molecule has 20 heavy (non-hydrogen) atoms. The van der Waals surface area contributed by atoms with Gasteiger partial charge in [-0.1, -0.05) is 32.0 Å². The molecule has 1 aromatic rings. The number of hydrogen-bond acceptors (Lipinski definition) is 3. The summed E-state index contributed by atoms with van der Waals surface area (Å²) in [5, 5.41) is 3.08. The largest absolute Gasteiger partial charge is 0.491 e. The third-order valence-electron chi connectivity index (χ3n) is 4.16. The fourth-order valence-corrected chi connectivity index (χ4v) is 3.08. The maximum absolute atomic E-state index is 12.2. The van der Waals surface area contributed by atoms with Crippen LogP contribution in [0.25, 0.3) is 0 Å². The quantitative estimate of drug-likeness (QED) is 0.916. The monoisotopic (exact) mass is 274 g/mol. The third-order valence-corrected chi connectivity index (χ3v) is 4.16. The molecule has 1 N–H and O–H groups in total. The van der Waals surface area contributed by atoms with E-state index in [9.17, 15) is 4.79 Å². The van der Waals surface area contributed by atoms with Crippen LogP contribution in [0.3, 0.4) is 0 Å². The van der Waals surface area contributed by atoms with Crippen LogP contribution < -0.4 is 10.1 Å². The van der Waals surface area contributed by atoms with Crippen LogP contribution in [-0.4, -0.2) is 37.0 Å². The fraction of sp³-hybridized carbons (Fsp3) is 0.562. The van der Waals surface area contributed by atoms with E-state index in [1.165, 1.54) is 0 Å². The van der Waals surface area contributed by atoms with Crippen molar-refractivity contribution in [1.82, 2.24) is 10.2 Å². The minimum atomic E-state index is -0.00527. The van der Waals surface area contributed by atoms with E-state index in [-0.39, 0.29) is 11.9 Å². The van der Waals surface area contributed by atoms with Crippen LogP contribution in [0.4, 0.5) is 0 Å². The van der Waals surface area contributed by atoms with Crippen molar-refractivity contribution in [3.05, 3.63) is 29.8 Å². The molecule has 108 valence electrons. The number of carbonyl (C=O) groups is 1. The lowest BCUT2D eigenvalue weighted by Crippen LogP contribution is -2.38. The van der Waals surface area contributed by atoms with Gasteiger partial charge in [0.15, 0.2) is 0 Å². The van der Waals surface area contributed by atoms with Gasteiger partial charge in [-0.3, -0.25) is 9.69 Å². The fourth-order valence-electron chi connectivity index (χ4n) is 3.08. The first-order valence-corrected chi connectivity index (χ1v) is 7.27. The van der Waals surface area contributed by atoms with Gasteiger partial charge < -0.3 is 10.1 Å². The summed E-state index contributed by atoms with van der Waals surface area (Å²) in [5.74, 6) is 0.980. The number of amides is 1. The zero-order valence-electron chi connectivity index (χ0n) is 12.2. The topological polar surface area (TPSA) is 41.6 Å². The van der Waals surface area contributed by atoms with E-state index in [1.807, 2.05) is 24.3 Å². The summed E-state index contributed by atoms with van der Waals surface area (Å²) in [6, 6.07) is 7.90. The van der Waals surface area contributed by atoms with Gasteiger partial charge in [-0.2, -0.15) is 0 Å². The molecule has 1 fully saturated rings. The van der Waals surface area contributed by atoms with E-state index in [1.54, 1.807) is 0 Å². The SMILES string of the molecule is CC1(C)CCN(CC(=O)N[C@H]2COc3ccccc32)C1. The Labute approximate surface area is 120 Å². The molecule has 0 aliphatic carbocycles. The molecule has 0 radical (unpaired) electrons. The van der Waals surface area contributed by atoms with Crippen LogP contribution in [0.5, 0.6) is 5.75 Å². The van der Waals surface area contributed by atoms with Crippen LogP contribution in [0.15, 0.2) is 24.3 Å². The van der Waals surface area contributed by atoms with Crippen molar-refractivity contribution in [1.29, 1.82) is 0 Å². The van der Waals surface area contributed by atoms with E-state index in [2.05, 4.69) is 24.1 Å². The van der Waals surface area contributed by atoms with Crippen LogP contribution in [-0.2, 0) is 4.79 Å². The summed E-state index contributed by atoms with van der Waals surface area (Å²) < 4.78 is 5.59. The Morgan fingerprint density at radius 3 is 3.00 bits per heavy atom. The van der Waals surface area contributed by atoms with Crippen molar-refractivity contribution in [2.75, 3.05) is 26.2 Å². The molecule has 0 aromatic heterocycles. The van der Waals surface area contributed by atoms with Crippen LogP contribution in [0.1, 0.15) is 31.9 Å². The normalized spacial score (nSPS) is 24.2. The Kier molecular flexibility index (Phi) is 3.42. The number of benzene rings is 1. The molecular weight excluding hydrogens is 252 g/mol. The molecule has 1 atom stereocenters. The van der Waals surface area contributed by atoms with Gasteiger partial charge in [0.2, 0.25) is 5.91 Å². The van der Waals surface area contributed by atoms with E-state index < -0.39 is 0 Å². The van der Waals surface area contributed by atoms with Crippen molar-refractivity contribution >= 4 is 5.91 Å². The number of para-hydroxylation sites is 1. The molecule has 1 aromatic carbocycles. The van der Waals surface area contributed by atoms with Gasteiger partial charge >= 0.3 is 0 Å². The number of rotatable bonds is 3. The summed E-state index contributed by atoms with van der Waals surface area (Å²) in [4.78, 5) is 14.4. The first-order chi connectivity index (χ1) is 9.53. The highest BCUT2D eigenvalue weighted by Gasteiger charge is 2.31. The second-order valence-corrected chi connectivity index (χ2v) is 6.59. The summed E-state index contributed by atoms with van der Waals surface area (Å²) >= 11 is 0. The standard InChI is InChI=1S/C16H22N2O2/c1-16(2)7-8-18(11-16)9-15(19)17-13-10-20-14-6-4-3-5-12(13)14/h3-6,13H,7-11H2,1-2H3,(H,17,19)/t13-/m0/s1. The van der Waals surface area contributed by atoms with E-state index in [4.69, 9.17) is 4.74 Å². The highest BCUT2D eigenvalue weighted by atomic mass is 16.5. The lowest BCUT2D eigenvalue weighted by Gasteiger charge is -2.20. The molecule has 0 bridgehead atoms. The van der Waals surface area contributed by atoms with Crippen LogP contribution in [0.2, 0.25) is 0 Å². The lowest BCUT2D eigenvalue weighted by atomic mass is 9.93. The molecule has 0 unspecified atom stereocenters. The van der Waals surface area contributed by atoms with Gasteiger partial charge in [0.05, 0.1) is 12.6 Å². The number of likely N-dealkylation sites (tertiary alicyclic amines) is 1. The number of hydrogen-bond donors (Lipinski definition) is 1. The summed E-state index contributed by atoms with van der Waals surface area (Å²) in [7, 11) is 0. The average molecular weight is 274 g/mol. The van der Waals surface area contributed by atoms with Gasteiger partial charge in [0, 0.05) is 12.1 Å². The predicted molar refractivity (Wildman–Crippen MR) is 77.7 cm³/mol. The Morgan fingerprint density at radius 1 is 1.45 bits per heavy atom. The molecule has 2 heterocycles. The zero-order valence-corrected chi connectivity index (χ0v) is 12.2. The molecule has 1 amide bonds. The molecule has 3 rings (SSSR count). The Balaban J connectivity index is 1.56.